The van der Waals surface area contributed by atoms with E-state index in [1.165, 1.54) is 83.9 Å². The van der Waals surface area contributed by atoms with Crippen LogP contribution in [0.25, 0.3) is 0 Å². The van der Waals surface area contributed by atoms with Crippen molar-refractivity contribution in [2.75, 3.05) is 0 Å². The SMILES string of the molecule is CCC[CH2][Sn](/[CH]=C/C(O)C1CCCCC1)([CH2]CCC)[CH2]CCC. The van der Waals surface area contributed by atoms with Crippen LogP contribution in [0.15, 0.2) is 10.2 Å². The van der Waals surface area contributed by atoms with E-state index in [0.717, 1.165) is 0 Å². The third-order valence-corrected chi connectivity index (χ3v) is 20.0. The van der Waals surface area contributed by atoms with Crippen LogP contribution in [-0.2, 0) is 0 Å². The van der Waals surface area contributed by atoms with E-state index in [2.05, 4.69) is 30.9 Å². The van der Waals surface area contributed by atoms with Crippen LogP contribution in [0.4, 0.5) is 0 Å². The number of aliphatic hydroxyl groups is 1. The molecular formula is C21H42OSn. The molecule has 0 aromatic heterocycles. The van der Waals surface area contributed by atoms with E-state index in [-0.39, 0.29) is 6.10 Å². The van der Waals surface area contributed by atoms with Gasteiger partial charge in [-0.3, -0.25) is 0 Å². The van der Waals surface area contributed by atoms with Crippen molar-refractivity contribution in [1.29, 1.82) is 0 Å². The van der Waals surface area contributed by atoms with Crippen molar-refractivity contribution in [2.45, 2.75) is 111 Å². The van der Waals surface area contributed by atoms with Gasteiger partial charge in [0.2, 0.25) is 0 Å². The van der Waals surface area contributed by atoms with Gasteiger partial charge in [0.1, 0.15) is 0 Å². The topological polar surface area (TPSA) is 20.2 Å². The summed E-state index contributed by atoms with van der Waals surface area (Å²) < 4.78 is 7.20. The Morgan fingerprint density at radius 2 is 1.35 bits per heavy atom. The molecule has 1 aliphatic carbocycles. The van der Waals surface area contributed by atoms with E-state index in [0.29, 0.717) is 5.92 Å². The van der Waals surface area contributed by atoms with Gasteiger partial charge < -0.3 is 0 Å². The van der Waals surface area contributed by atoms with Crippen LogP contribution in [0.1, 0.15) is 91.4 Å². The molecular weight excluding hydrogens is 387 g/mol. The predicted molar refractivity (Wildman–Crippen MR) is 107 cm³/mol. The fourth-order valence-electron chi connectivity index (χ4n) is 4.15. The zero-order valence-electron chi connectivity index (χ0n) is 16.2. The van der Waals surface area contributed by atoms with Gasteiger partial charge in [0.25, 0.3) is 0 Å². The van der Waals surface area contributed by atoms with Crippen LogP contribution in [0.3, 0.4) is 0 Å². The molecule has 0 amide bonds. The molecule has 0 aromatic rings. The van der Waals surface area contributed by atoms with Gasteiger partial charge in [-0.2, -0.15) is 0 Å². The summed E-state index contributed by atoms with van der Waals surface area (Å²) in [4.78, 5) is 0. The van der Waals surface area contributed by atoms with Crippen molar-refractivity contribution in [3.8, 4) is 0 Å². The van der Waals surface area contributed by atoms with Crippen molar-refractivity contribution < 1.29 is 5.11 Å². The second-order valence-corrected chi connectivity index (χ2v) is 20.9. The third kappa shape index (κ3) is 8.42. The minimum absolute atomic E-state index is 0.156. The molecule has 0 radical (unpaired) electrons. The molecule has 2 heteroatoms. The van der Waals surface area contributed by atoms with Gasteiger partial charge in [0.15, 0.2) is 0 Å². The maximum absolute atomic E-state index is 10.7. The van der Waals surface area contributed by atoms with Crippen molar-refractivity contribution in [1.82, 2.24) is 0 Å². The predicted octanol–water partition coefficient (Wildman–Crippen LogP) is 6.87. The summed E-state index contributed by atoms with van der Waals surface area (Å²) in [5.74, 6) is 0.549. The molecule has 0 heterocycles. The quantitative estimate of drug-likeness (QED) is 0.336. The number of rotatable bonds is 12. The number of hydrogen-bond acceptors (Lipinski definition) is 1. The van der Waals surface area contributed by atoms with E-state index in [1.54, 1.807) is 0 Å². The van der Waals surface area contributed by atoms with E-state index in [1.807, 2.05) is 0 Å². The molecule has 1 N–H and O–H groups in total. The minimum atomic E-state index is -2.18. The Morgan fingerprint density at radius 1 is 0.870 bits per heavy atom. The number of unbranched alkanes of at least 4 members (excludes halogenated alkanes) is 3. The molecule has 0 spiro atoms. The van der Waals surface area contributed by atoms with Gasteiger partial charge in [0, 0.05) is 0 Å². The Morgan fingerprint density at radius 3 is 1.78 bits per heavy atom. The summed E-state index contributed by atoms with van der Waals surface area (Å²) in [6.45, 7) is 6.99. The first kappa shape index (κ1) is 21.5. The van der Waals surface area contributed by atoms with E-state index in [9.17, 15) is 5.11 Å². The Labute approximate surface area is 150 Å². The van der Waals surface area contributed by atoms with Crippen molar-refractivity contribution in [2.24, 2.45) is 5.92 Å². The summed E-state index contributed by atoms with van der Waals surface area (Å²) in [5.41, 5.74) is 0. The Kier molecular flexibility index (Phi) is 12.0. The number of aliphatic hydroxyl groups excluding tert-OH is 1. The van der Waals surface area contributed by atoms with E-state index in [4.69, 9.17) is 0 Å². The Bertz CT molecular complexity index is 285. The van der Waals surface area contributed by atoms with Crippen LogP contribution in [-0.4, -0.2) is 29.6 Å². The Balaban J connectivity index is 2.74. The van der Waals surface area contributed by atoms with Crippen molar-refractivity contribution in [3.05, 3.63) is 10.2 Å². The van der Waals surface area contributed by atoms with Gasteiger partial charge in [-0.15, -0.1) is 0 Å². The van der Waals surface area contributed by atoms with Gasteiger partial charge >= 0.3 is 150 Å². The van der Waals surface area contributed by atoms with Crippen LogP contribution in [0.2, 0.25) is 13.3 Å². The van der Waals surface area contributed by atoms with E-state index < -0.39 is 18.4 Å². The average molecular weight is 429 g/mol. The van der Waals surface area contributed by atoms with Gasteiger partial charge in [-0.05, 0) is 0 Å². The van der Waals surface area contributed by atoms with Crippen molar-refractivity contribution in [3.63, 3.8) is 0 Å². The van der Waals surface area contributed by atoms with E-state index >= 15 is 0 Å². The van der Waals surface area contributed by atoms with Gasteiger partial charge in [-0.25, -0.2) is 0 Å². The molecule has 1 saturated carbocycles. The zero-order chi connectivity index (χ0) is 17.0. The molecule has 136 valence electrons. The molecule has 1 rings (SSSR count). The van der Waals surface area contributed by atoms with Gasteiger partial charge in [-0.1, -0.05) is 0 Å². The maximum atomic E-state index is 10.7. The van der Waals surface area contributed by atoms with Crippen LogP contribution >= 0.6 is 0 Å². The summed E-state index contributed by atoms with van der Waals surface area (Å²) in [6.07, 6.45) is 16.9. The average Bonchev–Trinajstić information content (AvgIpc) is 2.61. The molecule has 0 aliphatic heterocycles. The first-order chi connectivity index (χ1) is 11.2. The second kappa shape index (κ2) is 12.8. The normalized spacial score (nSPS) is 18.6. The molecule has 0 bridgehead atoms. The Hall–Kier alpha value is 0.499. The monoisotopic (exact) mass is 430 g/mol. The molecule has 1 nitrogen and oxygen atoms in total. The summed E-state index contributed by atoms with van der Waals surface area (Å²) in [7, 11) is 0. The number of hydrogen-bond donors (Lipinski definition) is 1. The molecule has 0 saturated heterocycles. The standard InChI is InChI=1S/C9H15O.3C4H9.Sn/c1-2-9(10)8-6-4-3-5-7-8;3*1-3-4-2;/h1-2,8-10H,3-7H2;3*1,3-4H2,2H3;. The fraction of sp³-hybridized carbons (Fsp3) is 0.905. The molecule has 23 heavy (non-hydrogen) atoms. The molecule has 1 fully saturated rings. The third-order valence-electron chi connectivity index (χ3n) is 5.86. The first-order valence-corrected chi connectivity index (χ1v) is 18.2. The first-order valence-electron chi connectivity index (χ1n) is 10.5. The zero-order valence-corrected chi connectivity index (χ0v) is 19.0. The van der Waals surface area contributed by atoms with Gasteiger partial charge in [0.05, 0.1) is 0 Å². The molecule has 1 unspecified atom stereocenters. The molecule has 1 aliphatic rings. The fourth-order valence-corrected chi connectivity index (χ4v) is 18.5. The molecule has 1 atom stereocenters. The summed E-state index contributed by atoms with van der Waals surface area (Å²) >= 11 is -2.18. The van der Waals surface area contributed by atoms with Crippen LogP contribution < -0.4 is 0 Å². The second-order valence-electron chi connectivity index (χ2n) is 7.92. The van der Waals surface area contributed by atoms with Crippen molar-refractivity contribution >= 4 is 18.4 Å². The molecule has 0 aromatic carbocycles. The van der Waals surface area contributed by atoms with Crippen LogP contribution in [0, 0.1) is 5.92 Å². The summed E-state index contributed by atoms with van der Waals surface area (Å²) in [6, 6.07) is 0. The van der Waals surface area contributed by atoms with Crippen LogP contribution in [0.5, 0.6) is 0 Å². The summed E-state index contributed by atoms with van der Waals surface area (Å²) in [5, 5.41) is 10.7.